The summed E-state index contributed by atoms with van der Waals surface area (Å²) in [5.41, 5.74) is 9.74. The van der Waals surface area contributed by atoms with E-state index in [2.05, 4.69) is 76.2 Å². The van der Waals surface area contributed by atoms with Crippen LogP contribution in [0.15, 0.2) is 0 Å². The van der Waals surface area contributed by atoms with E-state index in [1.54, 1.807) is 6.92 Å². The standard InChI is InChI=1S/C11H24O.C6H14.C5H10N2O2.C5H12O.C2H6/c1-6-11(5,7-2)12-9-8-10(3)4;1-5(2)6(3)4;1-3(5(7)9)2-4(6)8;1-5(2)3-4-6;1-2/h10H,6-9H2,1-5H3;5-6H,1-4H3;3H,2H2,1H3,(H2,6,8)(H2,7,9);5-6H,3-4H2,1-2H3;1-2H3. The summed E-state index contributed by atoms with van der Waals surface area (Å²) >= 11 is 0. The minimum atomic E-state index is -0.499. The molecule has 216 valence electrons. The van der Waals surface area contributed by atoms with Gasteiger partial charge in [-0.05, 0) is 56.3 Å². The molecule has 0 fully saturated rings. The second-order valence-corrected chi connectivity index (χ2v) is 10.6. The molecule has 2 amide bonds. The van der Waals surface area contributed by atoms with E-state index < -0.39 is 17.7 Å². The van der Waals surface area contributed by atoms with Crippen LogP contribution in [0.2, 0.25) is 0 Å². The van der Waals surface area contributed by atoms with Crippen molar-refractivity contribution in [2.75, 3.05) is 13.2 Å². The number of hydrogen-bond donors (Lipinski definition) is 3. The Kier molecular flexibility index (Phi) is 36.5. The predicted molar refractivity (Wildman–Crippen MR) is 154 cm³/mol. The Balaban J connectivity index is -0.000000116. The third kappa shape index (κ3) is 43.4. The summed E-state index contributed by atoms with van der Waals surface area (Å²) in [4.78, 5) is 20.4. The first-order valence-corrected chi connectivity index (χ1v) is 13.8. The predicted octanol–water partition coefficient (Wildman–Crippen LogP) is 6.96. The minimum Gasteiger partial charge on any atom is -0.396 e. The second kappa shape index (κ2) is 29.1. The maximum atomic E-state index is 10.2. The highest BCUT2D eigenvalue weighted by Gasteiger charge is 2.19. The van der Waals surface area contributed by atoms with E-state index in [1.165, 1.54) is 6.42 Å². The summed E-state index contributed by atoms with van der Waals surface area (Å²) in [6.07, 6.45) is 4.37. The van der Waals surface area contributed by atoms with Gasteiger partial charge < -0.3 is 21.3 Å². The van der Waals surface area contributed by atoms with Gasteiger partial charge in [-0.15, -0.1) is 0 Å². The van der Waals surface area contributed by atoms with Gasteiger partial charge in [0.2, 0.25) is 11.8 Å². The van der Waals surface area contributed by atoms with Gasteiger partial charge in [0, 0.05) is 25.6 Å². The van der Waals surface area contributed by atoms with Crippen LogP contribution in [0.3, 0.4) is 0 Å². The van der Waals surface area contributed by atoms with Crippen molar-refractivity contribution in [1.82, 2.24) is 0 Å². The van der Waals surface area contributed by atoms with Crippen LogP contribution in [0.25, 0.3) is 0 Å². The van der Waals surface area contributed by atoms with Crippen LogP contribution in [0.1, 0.15) is 129 Å². The topological polar surface area (TPSA) is 116 Å². The van der Waals surface area contributed by atoms with Crippen molar-refractivity contribution in [1.29, 1.82) is 0 Å². The summed E-state index contributed by atoms with van der Waals surface area (Å²) in [7, 11) is 0. The Morgan fingerprint density at radius 1 is 0.800 bits per heavy atom. The molecule has 0 rings (SSSR count). The fourth-order valence-electron chi connectivity index (χ4n) is 1.66. The maximum absolute atomic E-state index is 10.2. The van der Waals surface area contributed by atoms with Gasteiger partial charge in [0.1, 0.15) is 0 Å². The molecule has 0 bridgehead atoms. The number of nitrogens with two attached hydrogens (primary N) is 2. The lowest BCUT2D eigenvalue weighted by atomic mass is 10.00. The normalized spacial score (nSPS) is 11.3. The summed E-state index contributed by atoms with van der Waals surface area (Å²) in [5, 5.41) is 8.24. The van der Waals surface area contributed by atoms with Crippen molar-refractivity contribution in [2.45, 2.75) is 135 Å². The van der Waals surface area contributed by atoms with E-state index >= 15 is 0 Å². The second-order valence-electron chi connectivity index (χ2n) is 10.6. The quantitative estimate of drug-likeness (QED) is 0.265. The zero-order chi connectivity index (χ0) is 29.2. The van der Waals surface area contributed by atoms with Crippen LogP contribution in [-0.4, -0.2) is 35.7 Å². The van der Waals surface area contributed by atoms with E-state index in [4.69, 9.17) is 21.3 Å². The molecule has 0 aromatic carbocycles. The van der Waals surface area contributed by atoms with Gasteiger partial charge in [-0.3, -0.25) is 9.59 Å². The molecule has 0 spiro atoms. The lowest BCUT2D eigenvalue weighted by Gasteiger charge is -2.27. The van der Waals surface area contributed by atoms with Crippen molar-refractivity contribution >= 4 is 11.8 Å². The minimum absolute atomic E-state index is 0.0370. The molecule has 35 heavy (non-hydrogen) atoms. The molecule has 0 aliphatic rings. The monoisotopic (exact) mass is 507 g/mol. The van der Waals surface area contributed by atoms with Gasteiger partial charge in [-0.25, -0.2) is 0 Å². The summed E-state index contributed by atoms with van der Waals surface area (Å²) in [6.45, 7) is 31.0. The lowest BCUT2D eigenvalue weighted by molar-refractivity contribution is -0.126. The Labute approximate surface area is 220 Å². The number of carbonyl (C=O) groups is 2. The van der Waals surface area contributed by atoms with Crippen LogP contribution in [0, 0.1) is 29.6 Å². The molecular formula is C29H66N2O4. The number of hydrogen-bond acceptors (Lipinski definition) is 4. The zero-order valence-corrected chi connectivity index (χ0v) is 26.2. The van der Waals surface area contributed by atoms with Gasteiger partial charge in [0.25, 0.3) is 0 Å². The summed E-state index contributed by atoms with van der Waals surface area (Å²) in [5.74, 6) is 1.67. The van der Waals surface area contributed by atoms with Gasteiger partial charge in [-0.1, -0.05) is 90.0 Å². The van der Waals surface area contributed by atoms with E-state index in [1.807, 2.05) is 13.8 Å². The number of amides is 2. The molecular weight excluding hydrogens is 440 g/mol. The third-order valence-corrected chi connectivity index (χ3v) is 5.67. The van der Waals surface area contributed by atoms with E-state index in [9.17, 15) is 9.59 Å². The van der Waals surface area contributed by atoms with Gasteiger partial charge in [-0.2, -0.15) is 0 Å². The highest BCUT2D eigenvalue weighted by molar-refractivity contribution is 5.83. The van der Waals surface area contributed by atoms with Gasteiger partial charge in [0.15, 0.2) is 0 Å². The lowest BCUT2D eigenvalue weighted by Crippen LogP contribution is -2.27. The molecule has 0 aromatic heterocycles. The van der Waals surface area contributed by atoms with Crippen molar-refractivity contribution < 1.29 is 19.4 Å². The van der Waals surface area contributed by atoms with Gasteiger partial charge in [0.05, 0.1) is 5.60 Å². The number of primary amides is 2. The van der Waals surface area contributed by atoms with Crippen LogP contribution in [0.5, 0.6) is 0 Å². The van der Waals surface area contributed by atoms with Crippen LogP contribution in [-0.2, 0) is 14.3 Å². The first kappa shape index (κ1) is 43.9. The molecule has 0 aromatic rings. The molecule has 6 nitrogen and oxygen atoms in total. The van der Waals surface area contributed by atoms with E-state index in [-0.39, 0.29) is 12.0 Å². The molecule has 0 heterocycles. The average molecular weight is 507 g/mol. The third-order valence-electron chi connectivity index (χ3n) is 5.67. The molecule has 0 saturated carbocycles. The van der Waals surface area contributed by atoms with E-state index in [0.717, 1.165) is 43.6 Å². The Bertz CT molecular complexity index is 440. The fraction of sp³-hybridized carbons (Fsp3) is 0.931. The first-order chi connectivity index (χ1) is 16.0. The SMILES string of the molecule is CC.CC(C)C(C)C.CC(C)CCO.CC(CC(N)=O)C(N)=O.CCC(C)(CC)OCCC(C)C. The largest absolute Gasteiger partial charge is 0.396 e. The van der Waals surface area contributed by atoms with Crippen molar-refractivity contribution in [3.8, 4) is 0 Å². The zero-order valence-electron chi connectivity index (χ0n) is 26.2. The van der Waals surface area contributed by atoms with Crippen LogP contribution >= 0.6 is 0 Å². The summed E-state index contributed by atoms with van der Waals surface area (Å²) < 4.78 is 5.84. The fourth-order valence-corrected chi connectivity index (χ4v) is 1.66. The smallest absolute Gasteiger partial charge is 0.220 e. The van der Waals surface area contributed by atoms with Crippen molar-refractivity contribution in [3.63, 3.8) is 0 Å². The number of aliphatic hydroxyl groups excluding tert-OH is 1. The average Bonchev–Trinajstić information content (AvgIpc) is 2.75. The molecule has 0 radical (unpaired) electrons. The van der Waals surface area contributed by atoms with Crippen LogP contribution in [0.4, 0.5) is 0 Å². The molecule has 5 N–H and O–H groups in total. The molecule has 0 aliphatic heterocycles. The molecule has 1 atom stereocenters. The van der Waals surface area contributed by atoms with Gasteiger partial charge >= 0.3 is 0 Å². The highest BCUT2D eigenvalue weighted by Crippen LogP contribution is 2.20. The van der Waals surface area contributed by atoms with Crippen LogP contribution < -0.4 is 11.5 Å². The van der Waals surface area contributed by atoms with E-state index in [0.29, 0.717) is 12.5 Å². The molecule has 0 aliphatic carbocycles. The molecule has 6 heteroatoms. The molecule has 1 unspecified atom stereocenters. The maximum Gasteiger partial charge on any atom is 0.220 e. The Morgan fingerprint density at radius 3 is 1.31 bits per heavy atom. The Hall–Kier alpha value is -1.14. The number of ether oxygens (including phenoxy) is 1. The number of rotatable bonds is 12. The molecule has 0 saturated heterocycles. The Morgan fingerprint density at radius 2 is 1.17 bits per heavy atom. The number of aliphatic hydroxyl groups is 1. The number of carbonyl (C=O) groups excluding carboxylic acids is 2. The van der Waals surface area contributed by atoms with Crippen molar-refractivity contribution in [2.24, 2.45) is 41.1 Å². The summed E-state index contributed by atoms with van der Waals surface area (Å²) in [6, 6.07) is 0. The first-order valence-electron chi connectivity index (χ1n) is 13.8. The highest BCUT2D eigenvalue weighted by atomic mass is 16.5. The van der Waals surface area contributed by atoms with Crippen molar-refractivity contribution in [3.05, 3.63) is 0 Å².